The first-order valence-electron chi connectivity index (χ1n) is 16.3. The molecular formula is C32H58N2O13. The van der Waals surface area contributed by atoms with Gasteiger partial charge in [-0.3, -0.25) is 4.79 Å². The maximum Gasteiger partial charge on any atom is 0.221 e. The molecule has 0 unspecified atom stereocenters. The Morgan fingerprint density at radius 1 is 0.447 bits per heavy atom. The van der Waals surface area contributed by atoms with Crippen LogP contribution in [-0.4, -0.2) is 164 Å². The van der Waals surface area contributed by atoms with E-state index >= 15 is 0 Å². The normalized spacial score (nSPS) is 11.3. The van der Waals surface area contributed by atoms with Gasteiger partial charge >= 0.3 is 0 Å². The Morgan fingerprint density at radius 3 is 0.957 bits per heavy atom. The van der Waals surface area contributed by atoms with Gasteiger partial charge in [0.15, 0.2) is 0 Å². The molecule has 47 heavy (non-hydrogen) atoms. The van der Waals surface area contributed by atoms with Crippen molar-refractivity contribution in [3.8, 4) is 5.75 Å². The summed E-state index contributed by atoms with van der Waals surface area (Å²) in [5.74, 6) is 0.607. The van der Waals surface area contributed by atoms with Gasteiger partial charge in [-0.25, -0.2) is 0 Å². The molecule has 0 aliphatic carbocycles. The molecule has 0 fully saturated rings. The van der Waals surface area contributed by atoms with Gasteiger partial charge in [0.25, 0.3) is 0 Å². The predicted molar refractivity (Wildman–Crippen MR) is 174 cm³/mol. The van der Waals surface area contributed by atoms with E-state index < -0.39 is 0 Å². The summed E-state index contributed by atoms with van der Waals surface area (Å²) in [6, 6.07) is 7.17. The number of carbonyl (C=O) groups excluding carboxylic acids is 1. The first-order valence-corrected chi connectivity index (χ1v) is 16.3. The molecule has 0 atom stereocenters. The van der Waals surface area contributed by atoms with Crippen LogP contribution >= 0.6 is 0 Å². The van der Waals surface area contributed by atoms with Crippen LogP contribution in [-0.2, 0) is 56.9 Å². The fraction of sp³-hybridized carbons (Fsp3) is 0.781. The molecule has 0 bridgehead atoms. The second-order valence-electron chi connectivity index (χ2n) is 9.58. The van der Waals surface area contributed by atoms with Crippen LogP contribution in [0.1, 0.15) is 6.92 Å². The van der Waals surface area contributed by atoms with Crippen LogP contribution < -0.4 is 15.8 Å². The van der Waals surface area contributed by atoms with Crippen molar-refractivity contribution in [1.29, 1.82) is 0 Å². The number of anilines is 1. The third-order valence-electron chi connectivity index (χ3n) is 5.65. The van der Waals surface area contributed by atoms with Crippen molar-refractivity contribution in [2.75, 3.05) is 164 Å². The van der Waals surface area contributed by atoms with Crippen LogP contribution in [0.25, 0.3) is 0 Å². The van der Waals surface area contributed by atoms with Crippen molar-refractivity contribution in [2.45, 2.75) is 6.92 Å². The van der Waals surface area contributed by atoms with E-state index in [0.29, 0.717) is 164 Å². The molecule has 1 rings (SSSR count). The van der Waals surface area contributed by atoms with Crippen molar-refractivity contribution in [3.05, 3.63) is 24.3 Å². The Balaban J connectivity index is 1.66. The van der Waals surface area contributed by atoms with Crippen molar-refractivity contribution in [2.24, 2.45) is 5.73 Å². The highest BCUT2D eigenvalue weighted by Gasteiger charge is 1.99. The first-order chi connectivity index (χ1) is 23.2. The van der Waals surface area contributed by atoms with Crippen LogP contribution in [0.15, 0.2) is 24.3 Å². The standard InChI is InChI=1S/C32H58N2O13/c1-30(35)34-31-2-4-32(5-3-31)47-29-28-46-27-26-45-25-24-44-23-22-43-21-20-42-19-18-41-17-16-40-15-14-39-13-12-38-11-10-37-9-8-36-7-6-33/h2-5H,6-29,33H2,1H3,(H,34,35). The zero-order valence-electron chi connectivity index (χ0n) is 28.2. The van der Waals surface area contributed by atoms with Crippen LogP contribution in [0.4, 0.5) is 5.69 Å². The number of hydrogen-bond acceptors (Lipinski definition) is 14. The molecule has 0 spiro atoms. The largest absolute Gasteiger partial charge is 0.491 e. The van der Waals surface area contributed by atoms with Gasteiger partial charge in [0.1, 0.15) is 12.4 Å². The maximum absolute atomic E-state index is 11.0. The lowest BCUT2D eigenvalue weighted by Crippen LogP contribution is -2.16. The zero-order valence-corrected chi connectivity index (χ0v) is 28.2. The van der Waals surface area contributed by atoms with Crippen molar-refractivity contribution in [1.82, 2.24) is 0 Å². The Labute approximate surface area is 279 Å². The number of carbonyl (C=O) groups is 1. The molecule has 1 aromatic rings. The number of amides is 1. The van der Waals surface area contributed by atoms with Crippen molar-refractivity contribution in [3.63, 3.8) is 0 Å². The molecule has 0 heterocycles. The van der Waals surface area contributed by atoms with Gasteiger partial charge in [-0.15, -0.1) is 0 Å². The molecule has 1 aromatic carbocycles. The highest BCUT2D eigenvalue weighted by Crippen LogP contribution is 2.15. The number of hydrogen-bond donors (Lipinski definition) is 2. The lowest BCUT2D eigenvalue weighted by Gasteiger charge is -2.09. The molecule has 1 amide bonds. The molecule has 0 aliphatic heterocycles. The van der Waals surface area contributed by atoms with Gasteiger partial charge in [0, 0.05) is 19.2 Å². The van der Waals surface area contributed by atoms with E-state index in [4.69, 9.17) is 62.6 Å². The number of ether oxygens (including phenoxy) is 12. The summed E-state index contributed by atoms with van der Waals surface area (Å²) in [6.45, 7) is 13.5. The average molecular weight is 679 g/mol. The van der Waals surface area contributed by atoms with Gasteiger partial charge in [-0.1, -0.05) is 0 Å². The number of rotatable bonds is 37. The second kappa shape index (κ2) is 35.3. The minimum atomic E-state index is -0.109. The lowest BCUT2D eigenvalue weighted by atomic mass is 10.3. The van der Waals surface area contributed by atoms with E-state index in [-0.39, 0.29) is 5.91 Å². The van der Waals surface area contributed by atoms with Crippen LogP contribution in [0.3, 0.4) is 0 Å². The van der Waals surface area contributed by atoms with E-state index in [1.807, 2.05) is 0 Å². The molecule has 15 nitrogen and oxygen atoms in total. The van der Waals surface area contributed by atoms with Crippen LogP contribution in [0.5, 0.6) is 5.75 Å². The SMILES string of the molecule is CC(=O)Nc1ccc(OCCOCCOCCOCCOCCOCCOCCOCCOCCOCCOCCOCCN)cc1. The minimum Gasteiger partial charge on any atom is -0.491 e. The van der Waals surface area contributed by atoms with Gasteiger partial charge < -0.3 is 67.9 Å². The predicted octanol–water partition coefficient (Wildman–Crippen LogP) is 1.17. The summed E-state index contributed by atoms with van der Waals surface area (Å²) in [5.41, 5.74) is 6.06. The van der Waals surface area contributed by atoms with Gasteiger partial charge in [-0.05, 0) is 24.3 Å². The van der Waals surface area contributed by atoms with Crippen molar-refractivity contribution >= 4 is 11.6 Å². The number of nitrogens with two attached hydrogens (primary N) is 1. The molecular weight excluding hydrogens is 620 g/mol. The van der Waals surface area contributed by atoms with Gasteiger partial charge in [-0.2, -0.15) is 0 Å². The van der Waals surface area contributed by atoms with Gasteiger partial charge in [0.05, 0.1) is 145 Å². The van der Waals surface area contributed by atoms with Crippen LogP contribution in [0, 0.1) is 0 Å². The molecule has 0 aliphatic rings. The topological polar surface area (TPSA) is 166 Å². The summed E-state index contributed by atoms with van der Waals surface area (Å²) < 4.78 is 65.4. The Morgan fingerprint density at radius 2 is 0.702 bits per heavy atom. The highest BCUT2D eigenvalue weighted by molar-refractivity contribution is 5.88. The number of nitrogens with one attached hydrogen (secondary N) is 1. The highest BCUT2D eigenvalue weighted by atomic mass is 16.6. The van der Waals surface area contributed by atoms with Crippen LogP contribution in [0.2, 0.25) is 0 Å². The maximum atomic E-state index is 11.0. The molecule has 3 N–H and O–H groups in total. The summed E-state index contributed by atoms with van der Waals surface area (Å²) in [4.78, 5) is 11.0. The first kappa shape index (κ1) is 43.0. The van der Waals surface area contributed by atoms with E-state index in [2.05, 4.69) is 5.32 Å². The quantitative estimate of drug-likeness (QED) is 0.0963. The number of benzene rings is 1. The molecule has 0 aromatic heterocycles. The minimum absolute atomic E-state index is 0.109. The van der Waals surface area contributed by atoms with E-state index in [1.54, 1.807) is 24.3 Å². The summed E-state index contributed by atoms with van der Waals surface area (Å²) in [5, 5.41) is 2.71. The average Bonchev–Trinajstić information content (AvgIpc) is 3.07. The Kier molecular flexibility index (Phi) is 32.3. The molecule has 15 heteroatoms. The summed E-state index contributed by atoms with van der Waals surface area (Å²) in [6.07, 6.45) is 0. The Hall–Kier alpha value is -1.99. The summed E-state index contributed by atoms with van der Waals surface area (Å²) in [7, 11) is 0. The Bertz CT molecular complexity index is 793. The van der Waals surface area contributed by atoms with Crippen molar-refractivity contribution < 1.29 is 61.6 Å². The third kappa shape index (κ3) is 32.3. The molecule has 0 radical (unpaired) electrons. The fourth-order valence-electron chi connectivity index (χ4n) is 3.44. The molecule has 274 valence electrons. The second-order valence-corrected chi connectivity index (χ2v) is 9.58. The van der Waals surface area contributed by atoms with Gasteiger partial charge in [0.2, 0.25) is 5.91 Å². The third-order valence-corrected chi connectivity index (χ3v) is 5.65. The lowest BCUT2D eigenvalue weighted by molar-refractivity contribution is -0.114. The van der Waals surface area contributed by atoms with E-state index in [9.17, 15) is 4.79 Å². The summed E-state index contributed by atoms with van der Waals surface area (Å²) >= 11 is 0. The molecule has 0 saturated heterocycles. The monoisotopic (exact) mass is 678 g/mol. The fourth-order valence-corrected chi connectivity index (χ4v) is 3.44. The van der Waals surface area contributed by atoms with E-state index in [1.165, 1.54) is 6.92 Å². The zero-order chi connectivity index (χ0) is 33.7. The smallest absolute Gasteiger partial charge is 0.221 e. The van der Waals surface area contributed by atoms with E-state index in [0.717, 1.165) is 5.69 Å². The molecule has 0 saturated carbocycles.